The van der Waals surface area contributed by atoms with E-state index in [0.717, 1.165) is 40.9 Å². The Morgan fingerprint density at radius 3 is 1.88 bits per heavy atom. The van der Waals surface area contributed by atoms with Crippen LogP contribution in [-0.2, 0) is 10.2 Å². The molecule has 174 valence electrons. The van der Waals surface area contributed by atoms with Gasteiger partial charge in [-0.1, -0.05) is 64.6 Å². The standard InChI is InChI=1S/C30H36O3/c1-9-30(8,10-2)33-27-16-14-25(19-22(27)5)29(6,7)24-13-15-26(21(4)18-24)32-28(31)23-12-11-20(3)17-23/h11-19H,3,9-10H2,1-2,4-8H3. The lowest BCUT2D eigenvalue weighted by atomic mass is 9.77. The number of hydrogen-bond acceptors (Lipinski definition) is 3. The van der Waals surface area contributed by atoms with E-state index in [4.69, 9.17) is 9.47 Å². The molecule has 0 saturated heterocycles. The second-order valence-corrected chi connectivity index (χ2v) is 9.74. The van der Waals surface area contributed by atoms with Crippen LogP contribution in [0, 0.1) is 13.8 Å². The zero-order valence-corrected chi connectivity index (χ0v) is 21.0. The van der Waals surface area contributed by atoms with Gasteiger partial charge < -0.3 is 9.47 Å². The van der Waals surface area contributed by atoms with E-state index in [1.54, 1.807) is 18.2 Å². The first kappa shape index (κ1) is 24.6. The minimum Gasteiger partial charge on any atom is -0.487 e. The average Bonchev–Trinajstić information content (AvgIpc) is 3.22. The predicted molar refractivity (Wildman–Crippen MR) is 136 cm³/mol. The number of benzene rings is 2. The van der Waals surface area contributed by atoms with Gasteiger partial charge in [-0.05, 0) is 85.7 Å². The molecule has 3 rings (SSSR count). The summed E-state index contributed by atoms with van der Waals surface area (Å²) in [7, 11) is 0. The second kappa shape index (κ2) is 9.43. The highest BCUT2D eigenvalue weighted by Crippen LogP contribution is 2.37. The first-order chi connectivity index (χ1) is 15.5. The van der Waals surface area contributed by atoms with E-state index in [-0.39, 0.29) is 17.0 Å². The van der Waals surface area contributed by atoms with Crippen molar-refractivity contribution in [1.29, 1.82) is 0 Å². The number of carbonyl (C=O) groups excluding carboxylic acids is 1. The molecule has 0 aliphatic heterocycles. The quantitative estimate of drug-likeness (QED) is 0.311. The van der Waals surface area contributed by atoms with E-state index in [1.807, 2.05) is 19.1 Å². The monoisotopic (exact) mass is 444 g/mol. The van der Waals surface area contributed by atoms with Gasteiger partial charge in [0.05, 0.1) is 5.57 Å². The number of ether oxygens (including phenoxy) is 2. The summed E-state index contributed by atoms with van der Waals surface area (Å²) in [6.45, 7) is 18.8. The molecule has 1 aliphatic rings. The van der Waals surface area contributed by atoms with E-state index < -0.39 is 0 Å². The van der Waals surface area contributed by atoms with E-state index in [9.17, 15) is 4.79 Å². The molecule has 0 spiro atoms. The van der Waals surface area contributed by atoms with Crippen LogP contribution >= 0.6 is 0 Å². The number of aryl methyl sites for hydroxylation is 2. The van der Waals surface area contributed by atoms with Crippen molar-refractivity contribution < 1.29 is 14.3 Å². The molecule has 0 amide bonds. The topological polar surface area (TPSA) is 35.5 Å². The molecular formula is C30H36O3. The molecule has 0 aromatic heterocycles. The Balaban J connectivity index is 1.82. The Hall–Kier alpha value is -3.07. The van der Waals surface area contributed by atoms with Crippen molar-refractivity contribution in [3.8, 4) is 11.5 Å². The summed E-state index contributed by atoms with van der Waals surface area (Å²) in [5.41, 5.74) is 5.39. The van der Waals surface area contributed by atoms with Crippen LogP contribution in [0.15, 0.2) is 72.4 Å². The Morgan fingerprint density at radius 1 is 0.879 bits per heavy atom. The van der Waals surface area contributed by atoms with Gasteiger partial charge in [0, 0.05) is 5.41 Å². The molecule has 2 aromatic carbocycles. The third-order valence-electron chi connectivity index (χ3n) is 6.90. The first-order valence-corrected chi connectivity index (χ1v) is 11.7. The van der Waals surface area contributed by atoms with Gasteiger partial charge in [0.2, 0.25) is 0 Å². The number of carbonyl (C=O) groups is 1. The van der Waals surface area contributed by atoms with Gasteiger partial charge in [0.15, 0.2) is 0 Å². The third-order valence-corrected chi connectivity index (χ3v) is 6.90. The van der Waals surface area contributed by atoms with E-state index in [2.05, 4.69) is 72.4 Å². The molecule has 2 aromatic rings. The molecule has 0 fully saturated rings. The SMILES string of the molecule is C=C1C=CC(C(=O)Oc2ccc(C(C)(C)c3ccc(OC(C)(CC)CC)c(C)c3)cc2C)=C1. The summed E-state index contributed by atoms with van der Waals surface area (Å²) in [6, 6.07) is 12.5. The van der Waals surface area contributed by atoms with Crippen molar-refractivity contribution in [3.05, 3.63) is 94.6 Å². The maximum Gasteiger partial charge on any atom is 0.343 e. The predicted octanol–water partition coefficient (Wildman–Crippen LogP) is 7.54. The Kier molecular flexibility index (Phi) is 7.02. The zero-order chi connectivity index (χ0) is 24.4. The van der Waals surface area contributed by atoms with E-state index in [1.165, 1.54) is 5.56 Å². The zero-order valence-electron chi connectivity index (χ0n) is 21.0. The Labute approximate surface area is 198 Å². The lowest BCUT2D eigenvalue weighted by Gasteiger charge is -2.31. The normalized spacial score (nSPS) is 13.8. The molecule has 33 heavy (non-hydrogen) atoms. The largest absolute Gasteiger partial charge is 0.487 e. The Morgan fingerprint density at radius 2 is 1.42 bits per heavy atom. The molecule has 0 N–H and O–H groups in total. The molecule has 1 aliphatic carbocycles. The highest BCUT2D eigenvalue weighted by atomic mass is 16.5. The van der Waals surface area contributed by atoms with Crippen LogP contribution in [0.1, 0.15) is 69.7 Å². The minimum atomic E-state index is -0.364. The summed E-state index contributed by atoms with van der Waals surface area (Å²) in [6.07, 6.45) is 7.20. The summed E-state index contributed by atoms with van der Waals surface area (Å²) < 4.78 is 12.0. The summed E-state index contributed by atoms with van der Waals surface area (Å²) in [4.78, 5) is 12.4. The maximum absolute atomic E-state index is 12.4. The number of hydrogen-bond donors (Lipinski definition) is 0. The fourth-order valence-electron chi connectivity index (χ4n) is 3.91. The summed E-state index contributed by atoms with van der Waals surface area (Å²) in [5, 5.41) is 0. The van der Waals surface area contributed by atoms with Gasteiger partial charge in [-0.25, -0.2) is 4.79 Å². The second-order valence-electron chi connectivity index (χ2n) is 9.74. The van der Waals surface area contributed by atoms with Gasteiger partial charge in [-0.2, -0.15) is 0 Å². The molecule has 0 heterocycles. The van der Waals surface area contributed by atoms with Crippen LogP contribution in [0.2, 0.25) is 0 Å². The van der Waals surface area contributed by atoms with Crippen LogP contribution in [-0.4, -0.2) is 11.6 Å². The fraction of sp³-hybridized carbons (Fsp3) is 0.367. The molecule has 0 atom stereocenters. The third kappa shape index (κ3) is 5.30. The number of esters is 1. The van der Waals surface area contributed by atoms with E-state index >= 15 is 0 Å². The van der Waals surface area contributed by atoms with Crippen LogP contribution in [0.3, 0.4) is 0 Å². The Bertz CT molecular complexity index is 1130. The average molecular weight is 445 g/mol. The number of allylic oxidation sites excluding steroid dienone is 3. The summed E-state index contributed by atoms with van der Waals surface area (Å²) >= 11 is 0. The number of rotatable bonds is 8. The minimum absolute atomic E-state index is 0.149. The van der Waals surface area contributed by atoms with Crippen LogP contribution < -0.4 is 9.47 Å². The molecular weight excluding hydrogens is 408 g/mol. The van der Waals surface area contributed by atoms with Gasteiger partial charge in [-0.15, -0.1) is 0 Å². The van der Waals surface area contributed by atoms with Crippen molar-refractivity contribution in [2.75, 3.05) is 0 Å². The summed E-state index contributed by atoms with van der Waals surface area (Å²) in [5.74, 6) is 1.15. The van der Waals surface area contributed by atoms with Crippen LogP contribution in [0.5, 0.6) is 11.5 Å². The molecule has 3 nitrogen and oxygen atoms in total. The lowest BCUT2D eigenvalue weighted by molar-refractivity contribution is -0.129. The molecule has 0 bridgehead atoms. The van der Waals surface area contributed by atoms with Crippen LogP contribution in [0.25, 0.3) is 0 Å². The van der Waals surface area contributed by atoms with Crippen LogP contribution in [0.4, 0.5) is 0 Å². The van der Waals surface area contributed by atoms with E-state index in [0.29, 0.717) is 11.3 Å². The van der Waals surface area contributed by atoms with Crippen molar-refractivity contribution in [2.45, 2.75) is 72.3 Å². The van der Waals surface area contributed by atoms with Crippen molar-refractivity contribution in [2.24, 2.45) is 0 Å². The lowest BCUT2D eigenvalue weighted by Crippen LogP contribution is -2.30. The molecule has 3 heteroatoms. The van der Waals surface area contributed by atoms with Gasteiger partial charge >= 0.3 is 5.97 Å². The fourth-order valence-corrected chi connectivity index (χ4v) is 3.91. The first-order valence-electron chi connectivity index (χ1n) is 11.7. The van der Waals surface area contributed by atoms with Crippen molar-refractivity contribution in [1.82, 2.24) is 0 Å². The van der Waals surface area contributed by atoms with Gasteiger partial charge in [0.25, 0.3) is 0 Å². The molecule has 0 radical (unpaired) electrons. The molecule has 0 saturated carbocycles. The molecule has 0 unspecified atom stereocenters. The maximum atomic E-state index is 12.4. The highest BCUT2D eigenvalue weighted by molar-refractivity contribution is 5.95. The highest BCUT2D eigenvalue weighted by Gasteiger charge is 2.27. The van der Waals surface area contributed by atoms with Crippen molar-refractivity contribution >= 4 is 5.97 Å². The van der Waals surface area contributed by atoms with Crippen molar-refractivity contribution in [3.63, 3.8) is 0 Å². The van der Waals surface area contributed by atoms with Gasteiger partial charge in [0.1, 0.15) is 17.1 Å². The van der Waals surface area contributed by atoms with Gasteiger partial charge in [-0.3, -0.25) is 0 Å². The smallest absolute Gasteiger partial charge is 0.343 e.